The van der Waals surface area contributed by atoms with Crippen LogP contribution >= 0.6 is 68.0 Å². The van der Waals surface area contributed by atoms with Crippen molar-refractivity contribution in [2.24, 2.45) is 0 Å². The van der Waals surface area contributed by atoms with Crippen molar-refractivity contribution in [1.29, 1.82) is 0 Å². The molecule has 20 heterocycles. The van der Waals surface area contributed by atoms with Gasteiger partial charge < -0.3 is 44.1 Å². The number of nitrogens with zero attached hydrogens (tertiary/aromatic N) is 14. The molecular formula is C110H126N20O3S6. The van der Waals surface area contributed by atoms with Crippen LogP contribution in [0.25, 0.3) is 139 Å². The molecule has 0 radical (unpaired) electrons. The van der Waals surface area contributed by atoms with Gasteiger partial charge in [0.05, 0.1) is 82.0 Å². The predicted molar refractivity (Wildman–Crippen MR) is 572 cm³/mol. The number of aromatic amines is 6. The van der Waals surface area contributed by atoms with Gasteiger partial charge in [-0.2, -0.15) is 0 Å². The number of aromatic nitrogens is 18. The van der Waals surface area contributed by atoms with E-state index in [4.69, 9.17) is 24.2 Å². The lowest BCUT2D eigenvalue weighted by atomic mass is 9.81. The third-order valence-corrected chi connectivity index (χ3v) is 34.9. The van der Waals surface area contributed by atoms with Crippen LogP contribution in [0.5, 0.6) is 5.19 Å². The molecule has 5 saturated carbocycles. The summed E-state index contributed by atoms with van der Waals surface area (Å²) in [6.45, 7) is 18.2. The fourth-order valence-corrected chi connectivity index (χ4v) is 26.3. The van der Waals surface area contributed by atoms with E-state index in [1.54, 1.807) is 63.8 Å². The average molecular weight is 1970 g/mol. The van der Waals surface area contributed by atoms with Crippen LogP contribution in [0, 0.1) is 34.6 Å². The van der Waals surface area contributed by atoms with Crippen LogP contribution in [-0.4, -0.2) is 171 Å². The van der Waals surface area contributed by atoms with Gasteiger partial charge in [-0.05, 0) is 255 Å². The summed E-state index contributed by atoms with van der Waals surface area (Å²) in [6.07, 6.45) is 62.1. The number of morpholine rings is 2. The van der Waals surface area contributed by atoms with E-state index in [0.717, 1.165) is 174 Å². The van der Waals surface area contributed by atoms with Gasteiger partial charge in [0.25, 0.3) is 5.19 Å². The van der Waals surface area contributed by atoms with Crippen LogP contribution in [0.2, 0.25) is 0 Å². The number of methoxy groups -OCH3 is 1. The maximum atomic E-state index is 5.51. The Kier molecular flexibility index (Phi) is 30.1. The fourth-order valence-electron chi connectivity index (χ4n) is 22.4. The minimum Gasteiger partial charge on any atom is -0.473 e. The molecule has 0 atom stereocenters. The van der Waals surface area contributed by atoms with Crippen LogP contribution in [0.15, 0.2) is 149 Å². The highest BCUT2D eigenvalue weighted by Crippen LogP contribution is 2.45. The lowest BCUT2D eigenvalue weighted by Gasteiger charge is -2.38. The number of hydrogen-bond acceptors (Lipinski definition) is 23. The first-order valence-corrected chi connectivity index (χ1v) is 55.9. The van der Waals surface area contributed by atoms with E-state index in [-0.39, 0.29) is 0 Å². The summed E-state index contributed by atoms with van der Waals surface area (Å²) in [5.41, 5.74) is 28.6. The lowest BCUT2D eigenvalue weighted by Crippen LogP contribution is -2.44. The lowest BCUT2D eigenvalue weighted by molar-refractivity contribution is 0.00727. The number of rotatable bonds is 15. The summed E-state index contributed by atoms with van der Waals surface area (Å²) >= 11 is 10.0. The first kappa shape index (κ1) is 94.5. The van der Waals surface area contributed by atoms with Gasteiger partial charge in [-0.25, -0.2) is 59.8 Å². The van der Waals surface area contributed by atoms with E-state index in [0.29, 0.717) is 34.8 Å². The van der Waals surface area contributed by atoms with E-state index in [1.165, 1.54) is 273 Å². The molecule has 0 bridgehead atoms. The van der Waals surface area contributed by atoms with Crippen molar-refractivity contribution in [3.8, 4) is 72.1 Å². The molecule has 18 aromatic rings. The summed E-state index contributed by atoms with van der Waals surface area (Å²) < 4.78 is 16.2. The molecule has 139 heavy (non-hydrogen) atoms. The molecule has 7 fully saturated rings. The summed E-state index contributed by atoms with van der Waals surface area (Å²) in [5, 5.41) is 26.0. The number of H-pyrrole nitrogens is 6. The molecule has 6 aliphatic carbocycles. The largest absolute Gasteiger partial charge is 0.473 e. The van der Waals surface area contributed by atoms with E-state index in [1.807, 2.05) is 68.8 Å². The SMILES string of the molecule is COc1nc(-c2c[nH]c3ncc(C4CCCCC4)cc23)cs1.Cc1csc(-c2c[nH]c3ncc(C4CCCCC4)cc23)n1.Cc1nc(-c2c[nH]c3ncc(C4=CCCCC4)cc23)cs1.Cc1nc(-c2c[nH]c3ncc(C4CCC(N5CCOCC5)CC4)cc23)cs1.Cc1nc(-c2c[nH]c3ncc(C4CCC(N5CCOCC5)CC4)cc23)cs1.Cc1nc(-c2c[nH]c3ncc(C4CCCCC4)cc23)cs1. The highest BCUT2D eigenvalue weighted by atomic mass is 32.1. The van der Waals surface area contributed by atoms with E-state index in [9.17, 15) is 0 Å². The van der Waals surface area contributed by atoms with Gasteiger partial charge in [0, 0.05) is 216 Å². The third-order valence-electron chi connectivity index (χ3n) is 30.0. The third kappa shape index (κ3) is 22.0. The Morgan fingerprint density at radius 1 is 0.317 bits per heavy atom. The molecule has 0 amide bonds. The molecule has 720 valence electrons. The van der Waals surface area contributed by atoms with Crippen molar-refractivity contribution in [3.63, 3.8) is 0 Å². The smallest absolute Gasteiger partial charge is 0.273 e. The molecule has 18 aromatic heterocycles. The Morgan fingerprint density at radius 3 is 0.942 bits per heavy atom. The van der Waals surface area contributed by atoms with Gasteiger partial charge in [-0.15, -0.1) is 56.7 Å². The zero-order valence-electron chi connectivity index (χ0n) is 80.7. The molecule has 26 rings (SSSR count). The first-order valence-electron chi connectivity index (χ1n) is 50.6. The molecule has 0 unspecified atom stereocenters. The van der Waals surface area contributed by atoms with Crippen molar-refractivity contribution in [2.75, 3.05) is 59.7 Å². The minimum atomic E-state index is 0.624. The molecule has 29 heteroatoms. The second kappa shape index (κ2) is 44.2. The Labute approximate surface area is 836 Å². The monoisotopic (exact) mass is 1970 g/mol. The van der Waals surface area contributed by atoms with Gasteiger partial charge in [0.15, 0.2) is 0 Å². The molecule has 23 nitrogen and oxygen atoms in total. The normalized spacial score (nSPS) is 19.4. The maximum Gasteiger partial charge on any atom is 0.273 e. The van der Waals surface area contributed by atoms with Crippen LogP contribution in [0.1, 0.15) is 262 Å². The fraction of sp³-hybridized carbons (Fsp3) is 0.436. The Bertz CT molecular complexity index is 6880. The standard InChI is InChI=1S/2C21H26N4OS.C17H19N3OS.C17H19N3S.C17H17N3S.C17H19N3S/c2*1-14-24-20(13-27-14)19-12-23-21-18(19)10-16(11-22-21)15-2-4-17(5-3-15)25-6-8-26-9-7-25;1-21-17-20-15(10-22-17)14-9-19-16-13(14)7-12(8-18-16)11-5-3-2-4-6-11;2*1-11-20-16(10-21-11)15-9-19-17-14(15)7-13(8-18-17)12-5-3-2-4-6-12;1-11-10-21-17(20-11)15-9-19-16-14(15)7-13(8-18-16)12-5-3-2-4-6-12/h2*10-13,15,17H,2-9H2,1H3,(H,22,23);7-11H,2-6H2,1H3,(H,18,19);7-10,12H,2-6H2,1H3,(H,18,19);5,7-10H,2-4,6H2,1H3,(H,18,19);7-10,12H,2-6H2,1H3,(H,18,19). The Balaban J connectivity index is 0.0000000995. The van der Waals surface area contributed by atoms with Gasteiger partial charge in [0.1, 0.15) is 38.9 Å². The van der Waals surface area contributed by atoms with E-state index < -0.39 is 0 Å². The van der Waals surface area contributed by atoms with Crippen LogP contribution in [-0.2, 0) is 9.47 Å². The second-order valence-electron chi connectivity index (χ2n) is 38.9. The number of allylic oxidation sites excluding steroid dienone is 2. The van der Waals surface area contributed by atoms with Crippen molar-refractivity contribution in [2.45, 2.75) is 250 Å². The van der Waals surface area contributed by atoms with Crippen molar-refractivity contribution < 1.29 is 14.2 Å². The number of nitrogens with one attached hydrogen (secondary N) is 6. The van der Waals surface area contributed by atoms with Gasteiger partial charge >= 0.3 is 0 Å². The van der Waals surface area contributed by atoms with Gasteiger partial charge in [-0.3, -0.25) is 9.80 Å². The maximum absolute atomic E-state index is 5.51. The quantitative estimate of drug-likeness (QED) is 0.0556. The Morgan fingerprint density at radius 2 is 0.633 bits per heavy atom. The number of ether oxygens (including phenoxy) is 3. The molecule has 2 aliphatic heterocycles. The zero-order valence-corrected chi connectivity index (χ0v) is 85.6. The number of fused-ring (bicyclic) bond motifs is 6. The molecule has 0 aromatic carbocycles. The van der Waals surface area contributed by atoms with Crippen LogP contribution < -0.4 is 4.74 Å². The highest BCUT2D eigenvalue weighted by Gasteiger charge is 2.32. The van der Waals surface area contributed by atoms with Gasteiger partial charge in [-0.1, -0.05) is 75.2 Å². The minimum absolute atomic E-state index is 0.624. The van der Waals surface area contributed by atoms with E-state index in [2.05, 4.69) is 204 Å². The second-order valence-corrected chi connectivity index (χ2v) is 44.9. The topological polar surface area (TPSA) is 284 Å². The zero-order chi connectivity index (χ0) is 94.1. The summed E-state index contributed by atoms with van der Waals surface area (Å²) in [4.78, 5) is 80.5. The molecule has 6 N–H and O–H groups in total. The van der Waals surface area contributed by atoms with E-state index >= 15 is 0 Å². The summed E-state index contributed by atoms with van der Waals surface area (Å²) in [7, 11) is 1.65. The van der Waals surface area contributed by atoms with Crippen LogP contribution in [0.3, 0.4) is 0 Å². The number of hydrogen-bond donors (Lipinski definition) is 6. The van der Waals surface area contributed by atoms with Crippen molar-refractivity contribution >= 4 is 140 Å². The number of thiazole rings is 6. The van der Waals surface area contributed by atoms with Crippen LogP contribution in [0.4, 0.5) is 0 Å². The summed E-state index contributed by atoms with van der Waals surface area (Å²) in [5.74, 6) is 3.29. The van der Waals surface area contributed by atoms with Crippen molar-refractivity contribution in [3.05, 3.63) is 208 Å². The van der Waals surface area contributed by atoms with Gasteiger partial charge in [0.2, 0.25) is 0 Å². The highest BCUT2D eigenvalue weighted by molar-refractivity contribution is 7.13. The predicted octanol–water partition coefficient (Wildman–Crippen LogP) is 28.5. The molecule has 2 saturated heterocycles. The summed E-state index contributed by atoms with van der Waals surface area (Å²) in [6, 6.07) is 15.4. The molecular weight excluding hydrogens is 1840 g/mol. The average Bonchev–Trinajstić information content (AvgIpc) is 1.74. The number of pyridine rings is 6. The first-order chi connectivity index (χ1) is 68.3. The van der Waals surface area contributed by atoms with Crippen molar-refractivity contribution in [1.82, 2.24) is 99.5 Å². The number of aryl methyl sites for hydroxylation is 5. The Hall–Kier alpha value is -10.7. The molecule has 8 aliphatic rings. The molecule has 0 spiro atoms.